The van der Waals surface area contributed by atoms with E-state index in [1.54, 1.807) is 12.4 Å². The van der Waals surface area contributed by atoms with E-state index in [9.17, 15) is 0 Å². The summed E-state index contributed by atoms with van der Waals surface area (Å²) in [5.41, 5.74) is 1.43. The number of thiophene rings is 1. The fourth-order valence-corrected chi connectivity index (χ4v) is 3.52. The number of pyridine rings is 2. The zero-order chi connectivity index (χ0) is 15.2. The number of hydrogen-bond acceptors (Lipinski definition) is 8. The summed E-state index contributed by atoms with van der Waals surface area (Å²) >= 11 is 1.54. The Morgan fingerprint density at radius 1 is 0.957 bits per heavy atom. The second-order valence-corrected chi connectivity index (χ2v) is 5.87. The summed E-state index contributed by atoms with van der Waals surface area (Å²) in [6, 6.07) is 7.64. The molecule has 0 spiro atoms. The van der Waals surface area contributed by atoms with Gasteiger partial charge in [-0.25, -0.2) is 19.9 Å². The van der Waals surface area contributed by atoms with Gasteiger partial charge in [-0.05, 0) is 24.3 Å². The highest BCUT2D eigenvalue weighted by Crippen LogP contribution is 2.36. The van der Waals surface area contributed by atoms with E-state index < -0.39 is 0 Å². The van der Waals surface area contributed by atoms with E-state index >= 15 is 0 Å². The number of anilines is 2. The summed E-state index contributed by atoms with van der Waals surface area (Å²) in [5.74, 6) is 1.18. The maximum Gasteiger partial charge on any atom is 0.239 e. The maximum absolute atomic E-state index is 5.35. The highest BCUT2D eigenvalue weighted by molar-refractivity contribution is 7.25. The Hall–Kier alpha value is -3.13. The van der Waals surface area contributed by atoms with E-state index in [4.69, 9.17) is 4.52 Å². The lowest BCUT2D eigenvalue weighted by molar-refractivity contribution is 0.442. The molecule has 0 saturated heterocycles. The van der Waals surface area contributed by atoms with Gasteiger partial charge in [-0.2, -0.15) is 0 Å². The monoisotopic (exact) mass is 320 g/mol. The topological polar surface area (TPSA) is 89.6 Å². The molecule has 7 nitrogen and oxygen atoms in total. The summed E-state index contributed by atoms with van der Waals surface area (Å²) in [7, 11) is 0. The Labute approximate surface area is 133 Å². The molecule has 5 aromatic rings. The minimum absolute atomic E-state index is 0.513. The second kappa shape index (κ2) is 4.68. The van der Waals surface area contributed by atoms with Gasteiger partial charge in [0.05, 0.1) is 15.6 Å². The molecule has 8 heteroatoms. The molecular weight excluding hydrogens is 312 g/mol. The molecule has 5 aromatic heterocycles. The van der Waals surface area contributed by atoms with Crippen LogP contribution in [0.25, 0.3) is 31.5 Å². The number of fused-ring (bicyclic) bond motifs is 4. The van der Waals surface area contributed by atoms with Crippen molar-refractivity contribution in [3.8, 4) is 0 Å². The molecule has 5 rings (SSSR count). The Morgan fingerprint density at radius 2 is 1.83 bits per heavy atom. The molecular formula is C15H8N6OS. The highest BCUT2D eigenvalue weighted by atomic mass is 32.1. The van der Waals surface area contributed by atoms with Crippen molar-refractivity contribution in [2.75, 3.05) is 5.32 Å². The minimum atomic E-state index is 0.513. The summed E-state index contributed by atoms with van der Waals surface area (Å²) in [4.78, 5) is 18.2. The maximum atomic E-state index is 5.35. The van der Waals surface area contributed by atoms with Crippen LogP contribution in [0.3, 0.4) is 0 Å². The first-order valence-electron chi connectivity index (χ1n) is 6.86. The van der Waals surface area contributed by atoms with E-state index in [0.717, 1.165) is 25.8 Å². The van der Waals surface area contributed by atoms with Gasteiger partial charge in [0.1, 0.15) is 11.2 Å². The molecule has 0 unspecified atom stereocenters. The normalized spacial score (nSPS) is 11.5. The van der Waals surface area contributed by atoms with Crippen molar-refractivity contribution >= 4 is 54.5 Å². The SMILES string of the molecule is c1cnc2noc(Nc3ncnc4c3sc3ncccc34)c2c1. The van der Waals surface area contributed by atoms with Crippen LogP contribution in [0.5, 0.6) is 0 Å². The molecule has 0 aliphatic rings. The first-order valence-corrected chi connectivity index (χ1v) is 7.67. The van der Waals surface area contributed by atoms with Crippen LogP contribution in [-0.4, -0.2) is 25.1 Å². The summed E-state index contributed by atoms with van der Waals surface area (Å²) < 4.78 is 6.27. The first-order chi connectivity index (χ1) is 11.4. The zero-order valence-electron chi connectivity index (χ0n) is 11.6. The van der Waals surface area contributed by atoms with Gasteiger partial charge in [-0.1, -0.05) is 5.16 Å². The van der Waals surface area contributed by atoms with Crippen molar-refractivity contribution < 1.29 is 4.52 Å². The molecule has 0 aromatic carbocycles. The summed E-state index contributed by atoms with van der Waals surface area (Å²) in [5, 5.41) is 8.95. The smallest absolute Gasteiger partial charge is 0.239 e. The van der Waals surface area contributed by atoms with Crippen molar-refractivity contribution in [2.24, 2.45) is 0 Å². The Balaban J connectivity index is 1.71. The molecule has 0 saturated carbocycles. The van der Waals surface area contributed by atoms with E-state index in [2.05, 4.69) is 30.4 Å². The average Bonchev–Trinajstić information content (AvgIpc) is 3.17. The number of rotatable bonds is 2. The number of nitrogens with one attached hydrogen (secondary N) is 1. The van der Waals surface area contributed by atoms with Crippen molar-refractivity contribution in [3.05, 3.63) is 43.0 Å². The minimum Gasteiger partial charge on any atom is -0.336 e. The van der Waals surface area contributed by atoms with Crippen LogP contribution in [0.2, 0.25) is 0 Å². The molecule has 0 radical (unpaired) electrons. The third kappa shape index (κ3) is 1.85. The summed E-state index contributed by atoms with van der Waals surface area (Å²) in [6.45, 7) is 0. The van der Waals surface area contributed by atoms with Crippen molar-refractivity contribution in [2.45, 2.75) is 0 Å². The lowest BCUT2D eigenvalue weighted by atomic mass is 10.3. The van der Waals surface area contributed by atoms with Gasteiger partial charge in [-0.15, -0.1) is 11.3 Å². The fourth-order valence-electron chi connectivity index (χ4n) is 2.48. The van der Waals surface area contributed by atoms with Gasteiger partial charge in [0.25, 0.3) is 0 Å². The van der Waals surface area contributed by atoms with E-state index in [0.29, 0.717) is 17.3 Å². The predicted octanol–water partition coefficient (Wildman–Crippen LogP) is 3.52. The van der Waals surface area contributed by atoms with Gasteiger partial charge in [-0.3, -0.25) is 0 Å². The van der Waals surface area contributed by atoms with Crippen LogP contribution < -0.4 is 5.32 Å². The third-order valence-corrected chi connectivity index (χ3v) is 4.62. The van der Waals surface area contributed by atoms with Gasteiger partial charge >= 0.3 is 0 Å². The van der Waals surface area contributed by atoms with E-state index in [-0.39, 0.29) is 0 Å². The number of aromatic nitrogens is 5. The second-order valence-electron chi connectivity index (χ2n) is 4.87. The molecule has 0 bridgehead atoms. The average molecular weight is 320 g/mol. The molecule has 0 atom stereocenters. The van der Waals surface area contributed by atoms with Crippen LogP contribution in [0.1, 0.15) is 0 Å². The first kappa shape index (κ1) is 12.4. The standard InChI is InChI=1S/C15H8N6OS/c1-3-8-10-11(23-15(8)17-6-1)13(19-7-18-10)20-14-9-4-2-5-16-12(9)21-22-14/h1-7H,(H,18,19,20). The van der Waals surface area contributed by atoms with E-state index in [1.165, 1.54) is 17.7 Å². The Bertz CT molecular complexity index is 1160. The Kier molecular flexibility index (Phi) is 2.53. The fraction of sp³-hybridized carbons (Fsp3) is 0. The van der Waals surface area contributed by atoms with Crippen LogP contribution >= 0.6 is 11.3 Å². The highest BCUT2D eigenvalue weighted by Gasteiger charge is 2.15. The largest absolute Gasteiger partial charge is 0.336 e. The molecule has 23 heavy (non-hydrogen) atoms. The molecule has 1 N–H and O–H groups in total. The predicted molar refractivity (Wildman–Crippen MR) is 87.8 cm³/mol. The molecule has 0 aliphatic heterocycles. The number of hydrogen-bond donors (Lipinski definition) is 1. The van der Waals surface area contributed by atoms with Gasteiger partial charge in [0, 0.05) is 17.8 Å². The quantitative estimate of drug-likeness (QED) is 0.532. The van der Waals surface area contributed by atoms with Crippen molar-refractivity contribution in [1.82, 2.24) is 25.1 Å². The molecule has 5 heterocycles. The van der Waals surface area contributed by atoms with Crippen LogP contribution in [-0.2, 0) is 0 Å². The van der Waals surface area contributed by atoms with Gasteiger partial charge < -0.3 is 9.84 Å². The van der Waals surface area contributed by atoms with Crippen LogP contribution in [0.15, 0.2) is 47.5 Å². The van der Waals surface area contributed by atoms with Crippen LogP contribution in [0, 0.1) is 0 Å². The summed E-state index contributed by atoms with van der Waals surface area (Å²) in [6.07, 6.45) is 4.98. The van der Waals surface area contributed by atoms with Crippen LogP contribution in [0.4, 0.5) is 11.7 Å². The molecule has 110 valence electrons. The Morgan fingerprint density at radius 3 is 2.78 bits per heavy atom. The lowest BCUT2D eigenvalue weighted by Gasteiger charge is -2.02. The van der Waals surface area contributed by atoms with E-state index in [1.807, 2.05) is 24.3 Å². The third-order valence-electron chi connectivity index (χ3n) is 3.52. The number of nitrogens with zero attached hydrogens (tertiary/aromatic N) is 5. The van der Waals surface area contributed by atoms with Crippen molar-refractivity contribution in [1.29, 1.82) is 0 Å². The molecule has 0 aliphatic carbocycles. The zero-order valence-corrected chi connectivity index (χ0v) is 12.4. The molecule has 0 fully saturated rings. The molecule has 0 amide bonds. The lowest BCUT2D eigenvalue weighted by Crippen LogP contribution is -1.93. The van der Waals surface area contributed by atoms with Gasteiger partial charge in [0.2, 0.25) is 11.5 Å². The van der Waals surface area contributed by atoms with Gasteiger partial charge in [0.15, 0.2) is 5.82 Å². The van der Waals surface area contributed by atoms with Crippen molar-refractivity contribution in [3.63, 3.8) is 0 Å².